The number of halogens is 1. The fourth-order valence-corrected chi connectivity index (χ4v) is 2.05. The molecule has 0 aromatic heterocycles. The second kappa shape index (κ2) is 3.81. The van der Waals surface area contributed by atoms with Crippen LogP contribution in [0, 0.1) is 5.82 Å². The fraction of sp³-hybridized carbons (Fsp3) is 0.462. The van der Waals surface area contributed by atoms with E-state index in [1.54, 1.807) is 7.05 Å². The number of benzene rings is 1. The first-order valence-corrected chi connectivity index (χ1v) is 5.57. The summed E-state index contributed by atoms with van der Waals surface area (Å²) in [6.45, 7) is 3.62. The van der Waals surface area contributed by atoms with Gasteiger partial charge in [0.15, 0.2) is 0 Å². The van der Waals surface area contributed by atoms with E-state index < -0.39 is 11.2 Å². The van der Waals surface area contributed by atoms with E-state index >= 15 is 0 Å². The van der Waals surface area contributed by atoms with Gasteiger partial charge in [0, 0.05) is 12.5 Å². The molecule has 0 atom stereocenters. The van der Waals surface area contributed by atoms with E-state index in [2.05, 4.69) is 0 Å². The summed E-state index contributed by atoms with van der Waals surface area (Å²) < 4.78 is 14.0. The minimum Gasteiger partial charge on any atom is -0.395 e. The summed E-state index contributed by atoms with van der Waals surface area (Å²) in [7, 11) is 1.58. The first kappa shape index (κ1) is 12.0. The van der Waals surface area contributed by atoms with Gasteiger partial charge in [0.1, 0.15) is 5.82 Å². The second-order valence-electron chi connectivity index (χ2n) is 5.14. The van der Waals surface area contributed by atoms with Crippen LogP contribution in [0.5, 0.6) is 0 Å². The van der Waals surface area contributed by atoms with Crippen molar-refractivity contribution in [2.45, 2.75) is 25.7 Å². The number of likely N-dealkylation sites (N-methyl/N-ethyl adjacent to an activating group) is 1. The van der Waals surface area contributed by atoms with Crippen LogP contribution in [0.4, 0.5) is 10.1 Å². The largest absolute Gasteiger partial charge is 0.395 e. The first-order valence-electron chi connectivity index (χ1n) is 5.57. The van der Waals surface area contributed by atoms with E-state index in [0.717, 1.165) is 5.56 Å². The van der Waals surface area contributed by atoms with Gasteiger partial charge < -0.3 is 10.0 Å². The molecule has 0 spiro atoms. The summed E-state index contributed by atoms with van der Waals surface area (Å²) in [4.78, 5) is 12.9. The summed E-state index contributed by atoms with van der Waals surface area (Å²) >= 11 is 0. The summed E-state index contributed by atoms with van der Waals surface area (Å²) in [5.41, 5.74) is 1.29. The molecular formula is C13H16FNO2. The van der Waals surface area contributed by atoms with Gasteiger partial charge in [0.05, 0.1) is 18.7 Å². The van der Waals surface area contributed by atoms with Crippen LogP contribution in [0.2, 0.25) is 0 Å². The highest BCUT2D eigenvalue weighted by Gasteiger charge is 2.30. The second-order valence-corrected chi connectivity index (χ2v) is 5.14. The highest BCUT2D eigenvalue weighted by molar-refractivity contribution is 6.01. The number of nitrogens with zero attached hydrogens (tertiary/aromatic N) is 1. The molecule has 1 heterocycles. The molecule has 17 heavy (non-hydrogen) atoms. The zero-order valence-electron chi connectivity index (χ0n) is 10.2. The van der Waals surface area contributed by atoms with Crippen molar-refractivity contribution in [1.29, 1.82) is 0 Å². The number of carbonyl (C=O) groups excluding carboxylic acids is 1. The lowest BCUT2D eigenvalue weighted by atomic mass is 9.84. The van der Waals surface area contributed by atoms with Crippen molar-refractivity contribution < 1.29 is 14.3 Å². The Morgan fingerprint density at radius 2 is 2.12 bits per heavy atom. The van der Waals surface area contributed by atoms with Gasteiger partial charge in [0.25, 0.3) is 0 Å². The van der Waals surface area contributed by atoms with E-state index in [9.17, 15) is 14.3 Å². The lowest BCUT2D eigenvalue weighted by Gasteiger charge is -2.23. The smallest absolute Gasteiger partial charge is 0.231 e. The van der Waals surface area contributed by atoms with Gasteiger partial charge >= 0.3 is 0 Å². The normalized spacial score (nSPS) is 15.4. The van der Waals surface area contributed by atoms with Crippen LogP contribution in [0.25, 0.3) is 0 Å². The Kier molecular flexibility index (Phi) is 2.70. The van der Waals surface area contributed by atoms with Crippen LogP contribution in [0.1, 0.15) is 25.0 Å². The number of hydrogen-bond acceptors (Lipinski definition) is 2. The lowest BCUT2D eigenvalue weighted by molar-refractivity contribution is -0.117. The third kappa shape index (κ3) is 1.82. The molecule has 1 N–H and O–H groups in total. The summed E-state index contributed by atoms with van der Waals surface area (Å²) in [6.07, 6.45) is 0.234. The van der Waals surface area contributed by atoms with Crippen molar-refractivity contribution in [3.05, 3.63) is 29.1 Å². The molecule has 1 amide bonds. The molecule has 0 unspecified atom stereocenters. The average Bonchev–Trinajstić information content (AvgIpc) is 2.55. The van der Waals surface area contributed by atoms with E-state index in [0.29, 0.717) is 11.3 Å². The van der Waals surface area contributed by atoms with E-state index in [1.165, 1.54) is 11.0 Å². The standard InChI is InChI=1S/C13H16FNO2/c1-13(2,7-16)9-4-8-5-11(17)15(3)12(8)10(14)6-9/h4,6,16H,5,7H2,1-3H3. The Bertz CT molecular complexity index is 483. The molecule has 1 aliphatic rings. The molecule has 1 aromatic carbocycles. The highest BCUT2D eigenvalue weighted by atomic mass is 19.1. The van der Waals surface area contributed by atoms with Gasteiger partial charge in [-0.3, -0.25) is 4.79 Å². The molecule has 0 aliphatic carbocycles. The number of amides is 1. The summed E-state index contributed by atoms with van der Waals surface area (Å²) in [6, 6.07) is 3.22. The van der Waals surface area contributed by atoms with Gasteiger partial charge in [0.2, 0.25) is 5.91 Å². The Morgan fingerprint density at radius 1 is 1.47 bits per heavy atom. The van der Waals surface area contributed by atoms with Gasteiger partial charge in [-0.15, -0.1) is 0 Å². The van der Waals surface area contributed by atoms with E-state index in [1.807, 2.05) is 19.9 Å². The minimum atomic E-state index is -0.500. The fourth-order valence-electron chi connectivity index (χ4n) is 2.05. The number of fused-ring (bicyclic) bond motifs is 1. The quantitative estimate of drug-likeness (QED) is 0.849. The predicted octanol–water partition coefficient (Wildman–Crippen LogP) is 1.61. The van der Waals surface area contributed by atoms with Crippen molar-refractivity contribution in [3.8, 4) is 0 Å². The van der Waals surface area contributed by atoms with E-state index in [4.69, 9.17) is 0 Å². The summed E-state index contributed by atoms with van der Waals surface area (Å²) in [5, 5.41) is 9.29. The number of anilines is 1. The Labute approximate surface area is 99.9 Å². The maximum Gasteiger partial charge on any atom is 0.231 e. The molecule has 3 nitrogen and oxygen atoms in total. The van der Waals surface area contributed by atoms with Crippen LogP contribution in [0.15, 0.2) is 12.1 Å². The van der Waals surface area contributed by atoms with Gasteiger partial charge in [-0.2, -0.15) is 0 Å². The van der Waals surface area contributed by atoms with Crippen molar-refractivity contribution >= 4 is 11.6 Å². The van der Waals surface area contributed by atoms with Crippen LogP contribution in [0.3, 0.4) is 0 Å². The molecule has 1 aromatic rings. The summed E-state index contributed by atoms with van der Waals surface area (Å²) in [5.74, 6) is -0.495. The molecule has 92 valence electrons. The van der Waals surface area contributed by atoms with Gasteiger partial charge in [-0.25, -0.2) is 4.39 Å². The Morgan fingerprint density at radius 3 is 2.71 bits per heavy atom. The molecule has 0 bridgehead atoms. The molecule has 1 aliphatic heterocycles. The molecule has 0 saturated heterocycles. The maximum absolute atomic E-state index is 14.0. The average molecular weight is 237 g/mol. The molecule has 0 saturated carbocycles. The molecule has 2 rings (SSSR count). The van der Waals surface area contributed by atoms with Crippen LogP contribution >= 0.6 is 0 Å². The third-order valence-electron chi connectivity index (χ3n) is 3.37. The highest BCUT2D eigenvalue weighted by Crippen LogP contribution is 2.35. The number of aliphatic hydroxyl groups is 1. The number of hydrogen-bond donors (Lipinski definition) is 1. The molecule has 4 heteroatoms. The van der Waals surface area contributed by atoms with Gasteiger partial charge in [-0.05, 0) is 17.2 Å². The van der Waals surface area contributed by atoms with Gasteiger partial charge in [-0.1, -0.05) is 19.9 Å². The van der Waals surface area contributed by atoms with Crippen LogP contribution in [-0.4, -0.2) is 24.7 Å². The predicted molar refractivity (Wildman–Crippen MR) is 63.6 cm³/mol. The Hall–Kier alpha value is -1.42. The molecule has 0 radical (unpaired) electrons. The third-order valence-corrected chi connectivity index (χ3v) is 3.37. The molecule has 0 fully saturated rings. The van der Waals surface area contributed by atoms with Crippen molar-refractivity contribution in [3.63, 3.8) is 0 Å². The van der Waals surface area contributed by atoms with Crippen LogP contribution < -0.4 is 4.90 Å². The van der Waals surface area contributed by atoms with Crippen molar-refractivity contribution in [1.82, 2.24) is 0 Å². The van der Waals surface area contributed by atoms with Crippen molar-refractivity contribution in [2.75, 3.05) is 18.6 Å². The first-order chi connectivity index (χ1) is 7.86. The minimum absolute atomic E-state index is 0.0605. The maximum atomic E-state index is 14.0. The van der Waals surface area contributed by atoms with Crippen molar-refractivity contribution in [2.24, 2.45) is 0 Å². The number of aliphatic hydroxyl groups excluding tert-OH is 1. The zero-order valence-corrected chi connectivity index (χ0v) is 10.2. The SMILES string of the molecule is CN1C(=O)Cc2cc(C(C)(C)CO)cc(F)c21. The number of carbonyl (C=O) groups is 1. The number of rotatable bonds is 2. The Balaban J connectivity index is 2.55. The lowest BCUT2D eigenvalue weighted by Crippen LogP contribution is -2.23. The molecular weight excluding hydrogens is 221 g/mol. The monoisotopic (exact) mass is 237 g/mol. The van der Waals surface area contributed by atoms with E-state index in [-0.39, 0.29) is 18.9 Å². The zero-order chi connectivity index (χ0) is 12.8. The topological polar surface area (TPSA) is 40.5 Å². The van der Waals surface area contributed by atoms with Crippen LogP contribution in [-0.2, 0) is 16.6 Å².